The highest BCUT2D eigenvalue weighted by atomic mass is 32.1. The van der Waals surface area contributed by atoms with Gasteiger partial charge in [-0.1, -0.05) is 36.5 Å². The molecule has 0 saturated heterocycles. The van der Waals surface area contributed by atoms with Crippen molar-refractivity contribution in [2.24, 2.45) is 0 Å². The number of nitrogens with zero attached hydrogens (tertiary/aromatic N) is 1. The zero-order valence-corrected chi connectivity index (χ0v) is 12.0. The zero-order chi connectivity index (χ0) is 15.5. The minimum absolute atomic E-state index is 0.185. The van der Waals surface area contributed by atoms with Crippen molar-refractivity contribution in [3.05, 3.63) is 46.5 Å². The molecule has 0 saturated carbocycles. The second-order valence-corrected chi connectivity index (χ2v) is 5.36. The zero-order valence-electron chi connectivity index (χ0n) is 11.2. The third kappa shape index (κ3) is 3.60. The molecule has 2 rings (SSSR count). The molecular formula is C14H13F3N2OS. The van der Waals surface area contributed by atoms with Crippen LogP contribution in [0.25, 0.3) is 0 Å². The van der Waals surface area contributed by atoms with Gasteiger partial charge in [0, 0.05) is 12.1 Å². The van der Waals surface area contributed by atoms with Gasteiger partial charge in [-0.3, -0.25) is 4.79 Å². The lowest BCUT2D eigenvalue weighted by atomic mass is 10.0. The molecule has 0 aliphatic heterocycles. The van der Waals surface area contributed by atoms with Gasteiger partial charge in [0.05, 0.1) is 16.6 Å². The first-order valence-corrected chi connectivity index (χ1v) is 7.15. The molecule has 1 aromatic heterocycles. The Morgan fingerprint density at radius 3 is 2.71 bits per heavy atom. The number of benzene rings is 1. The minimum atomic E-state index is -4.56. The summed E-state index contributed by atoms with van der Waals surface area (Å²) in [6.45, 7) is 2.67. The molecule has 0 aliphatic rings. The van der Waals surface area contributed by atoms with E-state index in [1.165, 1.54) is 24.4 Å². The predicted molar refractivity (Wildman–Crippen MR) is 75.8 cm³/mol. The van der Waals surface area contributed by atoms with Crippen LogP contribution in [0.5, 0.6) is 0 Å². The highest BCUT2D eigenvalue weighted by Gasteiger charge is 2.35. The van der Waals surface area contributed by atoms with E-state index in [-0.39, 0.29) is 10.4 Å². The Morgan fingerprint density at radius 2 is 2.05 bits per heavy atom. The van der Waals surface area contributed by atoms with E-state index in [1.54, 1.807) is 0 Å². The number of hydrogen-bond donors (Lipinski definition) is 1. The molecule has 0 amide bonds. The van der Waals surface area contributed by atoms with E-state index in [0.717, 1.165) is 23.8 Å². The number of nitrogens with one attached hydrogen (secondary N) is 1. The van der Waals surface area contributed by atoms with E-state index in [2.05, 4.69) is 10.3 Å². The van der Waals surface area contributed by atoms with E-state index in [4.69, 9.17) is 0 Å². The van der Waals surface area contributed by atoms with Crippen molar-refractivity contribution in [2.75, 3.05) is 11.9 Å². The fourth-order valence-electron chi connectivity index (χ4n) is 1.75. The maximum absolute atomic E-state index is 12.9. The summed E-state index contributed by atoms with van der Waals surface area (Å²) in [5.41, 5.74) is -1.28. The fourth-order valence-corrected chi connectivity index (χ4v) is 2.55. The minimum Gasteiger partial charge on any atom is -0.362 e. The van der Waals surface area contributed by atoms with Gasteiger partial charge in [0.15, 0.2) is 5.13 Å². The molecule has 1 N–H and O–H groups in total. The number of alkyl halides is 3. The van der Waals surface area contributed by atoms with Gasteiger partial charge in [-0.25, -0.2) is 4.98 Å². The highest BCUT2D eigenvalue weighted by molar-refractivity contribution is 7.17. The Kier molecular flexibility index (Phi) is 4.62. The Morgan fingerprint density at radius 1 is 1.33 bits per heavy atom. The van der Waals surface area contributed by atoms with E-state index in [1.807, 2.05) is 6.92 Å². The molecule has 0 bridgehead atoms. The van der Waals surface area contributed by atoms with Crippen LogP contribution in [0.4, 0.5) is 18.3 Å². The summed E-state index contributed by atoms with van der Waals surface area (Å²) >= 11 is 1.06. The lowest BCUT2D eigenvalue weighted by Gasteiger charge is -2.10. The molecule has 112 valence electrons. The Labute approximate surface area is 123 Å². The average Bonchev–Trinajstić information content (AvgIpc) is 2.92. The Balaban J connectivity index is 2.30. The monoisotopic (exact) mass is 314 g/mol. The number of hydrogen-bond acceptors (Lipinski definition) is 4. The summed E-state index contributed by atoms with van der Waals surface area (Å²) < 4.78 is 38.8. The number of anilines is 1. The van der Waals surface area contributed by atoms with Crippen LogP contribution in [0, 0.1) is 0 Å². The van der Waals surface area contributed by atoms with Crippen molar-refractivity contribution < 1.29 is 18.0 Å². The highest BCUT2D eigenvalue weighted by Crippen LogP contribution is 2.33. The van der Waals surface area contributed by atoms with Crippen LogP contribution in [0.1, 0.15) is 34.1 Å². The second kappa shape index (κ2) is 6.26. The number of thiazole rings is 1. The van der Waals surface area contributed by atoms with Crippen molar-refractivity contribution in [1.29, 1.82) is 0 Å². The maximum atomic E-state index is 12.9. The van der Waals surface area contributed by atoms with Crippen LogP contribution in [-0.2, 0) is 6.18 Å². The van der Waals surface area contributed by atoms with Crippen LogP contribution in [-0.4, -0.2) is 17.3 Å². The van der Waals surface area contributed by atoms with E-state index in [9.17, 15) is 18.0 Å². The summed E-state index contributed by atoms with van der Waals surface area (Å²) in [5, 5.41) is 3.53. The molecule has 1 aromatic carbocycles. The summed E-state index contributed by atoms with van der Waals surface area (Å²) in [6.07, 6.45) is -2.36. The number of halogens is 3. The third-order valence-corrected chi connectivity index (χ3v) is 3.69. The molecule has 0 radical (unpaired) electrons. The first kappa shape index (κ1) is 15.5. The lowest BCUT2D eigenvalue weighted by molar-refractivity contribution is -0.137. The number of carbonyl (C=O) groups excluding carboxylic acids is 1. The SMILES string of the molecule is CCCNc1ncc(C(=O)c2ccccc2C(F)(F)F)s1. The maximum Gasteiger partial charge on any atom is 0.417 e. The fraction of sp³-hybridized carbons (Fsp3) is 0.286. The van der Waals surface area contributed by atoms with Crippen molar-refractivity contribution in [3.63, 3.8) is 0 Å². The van der Waals surface area contributed by atoms with E-state index < -0.39 is 17.5 Å². The molecule has 0 aliphatic carbocycles. The largest absolute Gasteiger partial charge is 0.417 e. The van der Waals surface area contributed by atoms with Gasteiger partial charge in [-0.15, -0.1) is 0 Å². The van der Waals surface area contributed by atoms with Gasteiger partial charge < -0.3 is 5.32 Å². The Hall–Kier alpha value is -1.89. The first-order chi connectivity index (χ1) is 9.93. The summed E-state index contributed by atoms with van der Waals surface area (Å²) in [4.78, 5) is 16.4. The van der Waals surface area contributed by atoms with Crippen LogP contribution in [0.15, 0.2) is 30.5 Å². The van der Waals surface area contributed by atoms with E-state index in [0.29, 0.717) is 11.7 Å². The smallest absolute Gasteiger partial charge is 0.362 e. The summed E-state index contributed by atoms with van der Waals surface area (Å²) in [6, 6.07) is 4.77. The lowest BCUT2D eigenvalue weighted by Crippen LogP contribution is -2.12. The molecular weight excluding hydrogens is 301 g/mol. The van der Waals surface area contributed by atoms with Gasteiger partial charge in [0.1, 0.15) is 0 Å². The molecule has 0 spiro atoms. The van der Waals surface area contributed by atoms with Gasteiger partial charge in [0.2, 0.25) is 5.78 Å². The molecule has 0 fully saturated rings. The number of aromatic nitrogens is 1. The normalized spacial score (nSPS) is 11.4. The van der Waals surface area contributed by atoms with Crippen molar-refractivity contribution in [2.45, 2.75) is 19.5 Å². The van der Waals surface area contributed by atoms with Crippen LogP contribution < -0.4 is 5.32 Å². The number of ketones is 1. The Bertz CT molecular complexity index is 637. The molecule has 0 unspecified atom stereocenters. The molecule has 3 nitrogen and oxygen atoms in total. The quantitative estimate of drug-likeness (QED) is 0.840. The van der Waals surface area contributed by atoms with Crippen LogP contribution in [0.2, 0.25) is 0 Å². The number of carbonyl (C=O) groups is 1. The van der Waals surface area contributed by atoms with E-state index >= 15 is 0 Å². The molecule has 0 atom stereocenters. The van der Waals surface area contributed by atoms with Crippen molar-refractivity contribution >= 4 is 22.3 Å². The summed E-state index contributed by atoms with van der Waals surface area (Å²) in [5.74, 6) is -0.662. The molecule has 2 aromatic rings. The summed E-state index contributed by atoms with van der Waals surface area (Å²) in [7, 11) is 0. The van der Waals surface area contributed by atoms with Crippen molar-refractivity contribution in [3.8, 4) is 0 Å². The average molecular weight is 314 g/mol. The van der Waals surface area contributed by atoms with Gasteiger partial charge in [0.25, 0.3) is 0 Å². The van der Waals surface area contributed by atoms with Gasteiger partial charge in [-0.2, -0.15) is 13.2 Å². The van der Waals surface area contributed by atoms with Gasteiger partial charge >= 0.3 is 6.18 Å². The van der Waals surface area contributed by atoms with Crippen LogP contribution >= 0.6 is 11.3 Å². The standard InChI is InChI=1S/C14H13F3N2OS/c1-2-7-18-13-19-8-11(21-13)12(20)9-5-3-4-6-10(9)14(15,16)17/h3-6,8H,2,7H2,1H3,(H,18,19). The number of rotatable bonds is 5. The first-order valence-electron chi connectivity index (χ1n) is 6.34. The van der Waals surface area contributed by atoms with Gasteiger partial charge in [-0.05, 0) is 12.5 Å². The topological polar surface area (TPSA) is 42.0 Å². The predicted octanol–water partition coefficient (Wildman–Crippen LogP) is 4.21. The molecule has 21 heavy (non-hydrogen) atoms. The third-order valence-electron chi connectivity index (χ3n) is 2.73. The molecule has 1 heterocycles. The van der Waals surface area contributed by atoms with Crippen LogP contribution in [0.3, 0.4) is 0 Å². The molecule has 7 heteroatoms. The van der Waals surface area contributed by atoms with Crippen molar-refractivity contribution in [1.82, 2.24) is 4.98 Å². The second-order valence-electron chi connectivity index (χ2n) is 4.33.